The van der Waals surface area contributed by atoms with Crippen molar-refractivity contribution in [3.63, 3.8) is 0 Å². The molecule has 1 saturated heterocycles. The molecule has 1 aliphatic heterocycles. The van der Waals surface area contributed by atoms with Crippen LogP contribution >= 0.6 is 11.3 Å². The Bertz CT molecular complexity index is 469. The Balaban J connectivity index is 1.78. The minimum absolute atomic E-state index is 0.127. The zero-order valence-corrected chi connectivity index (χ0v) is 13.0. The van der Waals surface area contributed by atoms with Crippen molar-refractivity contribution in [2.24, 2.45) is 0 Å². The highest BCUT2D eigenvalue weighted by Crippen LogP contribution is 2.37. The molecule has 20 heavy (non-hydrogen) atoms. The summed E-state index contributed by atoms with van der Waals surface area (Å²) in [4.78, 5) is 16.6. The second-order valence-corrected chi connectivity index (χ2v) is 6.98. The predicted octanol–water partition coefficient (Wildman–Crippen LogP) is 2.77. The highest BCUT2D eigenvalue weighted by atomic mass is 32.1. The van der Waals surface area contributed by atoms with E-state index in [1.165, 1.54) is 16.9 Å². The largest absolute Gasteiger partial charge is 0.338 e. The van der Waals surface area contributed by atoms with Gasteiger partial charge in [0, 0.05) is 24.0 Å². The summed E-state index contributed by atoms with van der Waals surface area (Å²) in [5, 5.41) is 5.40. The summed E-state index contributed by atoms with van der Waals surface area (Å²) in [5.41, 5.74) is 1.32. The van der Waals surface area contributed by atoms with Gasteiger partial charge in [-0.3, -0.25) is 4.79 Å². The average Bonchev–Trinajstić information content (AvgIpc) is 2.96. The Labute approximate surface area is 125 Å². The van der Waals surface area contributed by atoms with Gasteiger partial charge in [0.1, 0.15) is 0 Å². The molecule has 1 fully saturated rings. The minimum atomic E-state index is 0.127. The summed E-state index contributed by atoms with van der Waals surface area (Å²) in [6, 6.07) is 2.57. The lowest BCUT2D eigenvalue weighted by Crippen LogP contribution is -2.49. The van der Waals surface area contributed by atoms with E-state index in [-0.39, 0.29) is 5.92 Å². The minimum Gasteiger partial charge on any atom is -0.338 e. The molecular weight excluding hydrogens is 268 g/mol. The van der Waals surface area contributed by atoms with Crippen LogP contribution in [-0.2, 0) is 11.2 Å². The monoisotopic (exact) mass is 292 g/mol. The van der Waals surface area contributed by atoms with E-state index in [1.807, 2.05) is 18.4 Å². The first-order valence-corrected chi connectivity index (χ1v) is 8.70. The van der Waals surface area contributed by atoms with Crippen molar-refractivity contribution in [2.75, 3.05) is 20.1 Å². The topological polar surface area (TPSA) is 32.3 Å². The highest BCUT2D eigenvalue weighted by molar-refractivity contribution is 7.10. The number of aryl methyl sites for hydroxylation is 1. The number of amides is 1. The summed E-state index contributed by atoms with van der Waals surface area (Å²) in [6.07, 6.45) is 6.92. The Morgan fingerprint density at radius 2 is 2.30 bits per heavy atom. The molecule has 2 atom stereocenters. The maximum atomic E-state index is 13.0. The molecule has 0 aromatic carbocycles. The van der Waals surface area contributed by atoms with Crippen LogP contribution in [0.5, 0.6) is 0 Å². The predicted molar refractivity (Wildman–Crippen MR) is 83.3 cm³/mol. The Morgan fingerprint density at radius 3 is 3.15 bits per heavy atom. The number of hydrogen-bond acceptors (Lipinski definition) is 3. The van der Waals surface area contributed by atoms with Gasteiger partial charge in [0.2, 0.25) is 5.91 Å². The third kappa shape index (κ3) is 2.63. The zero-order chi connectivity index (χ0) is 13.9. The molecule has 0 radical (unpaired) electrons. The number of fused-ring (bicyclic) bond motifs is 1. The fourth-order valence-electron chi connectivity index (χ4n) is 3.68. The standard InChI is InChI=1S/C16H24N2OS/c1-17-11-12-5-2-3-9-18(12)16(19)14-6-4-7-15-13(14)8-10-20-15/h8,10,12,14,17H,2-7,9,11H2,1H3. The highest BCUT2D eigenvalue weighted by Gasteiger charge is 2.34. The molecule has 1 aliphatic carbocycles. The number of nitrogens with one attached hydrogen (secondary N) is 1. The van der Waals surface area contributed by atoms with Gasteiger partial charge in [0.05, 0.1) is 5.92 Å². The molecule has 0 saturated carbocycles. The maximum Gasteiger partial charge on any atom is 0.230 e. The van der Waals surface area contributed by atoms with Crippen LogP contribution < -0.4 is 5.32 Å². The summed E-state index contributed by atoms with van der Waals surface area (Å²) >= 11 is 1.82. The zero-order valence-electron chi connectivity index (χ0n) is 12.2. The SMILES string of the molecule is CNCC1CCCCN1C(=O)C1CCCc2sccc21. The molecule has 1 amide bonds. The number of likely N-dealkylation sites (N-methyl/N-ethyl adjacent to an activating group) is 1. The summed E-state index contributed by atoms with van der Waals surface area (Å²) < 4.78 is 0. The van der Waals surface area contributed by atoms with E-state index in [1.54, 1.807) is 0 Å². The van der Waals surface area contributed by atoms with Gasteiger partial charge in [0.25, 0.3) is 0 Å². The number of thiophene rings is 1. The van der Waals surface area contributed by atoms with Crippen molar-refractivity contribution in [3.8, 4) is 0 Å². The number of likely N-dealkylation sites (tertiary alicyclic amines) is 1. The van der Waals surface area contributed by atoms with Gasteiger partial charge in [0.15, 0.2) is 0 Å². The fourth-order valence-corrected chi connectivity index (χ4v) is 4.67. The molecule has 2 unspecified atom stereocenters. The Hall–Kier alpha value is -0.870. The van der Waals surface area contributed by atoms with Crippen molar-refractivity contribution in [2.45, 2.75) is 50.5 Å². The number of hydrogen-bond donors (Lipinski definition) is 1. The summed E-state index contributed by atoms with van der Waals surface area (Å²) in [6.45, 7) is 1.87. The van der Waals surface area contributed by atoms with Crippen molar-refractivity contribution in [1.29, 1.82) is 0 Å². The first-order valence-electron chi connectivity index (χ1n) is 7.82. The van der Waals surface area contributed by atoms with E-state index in [0.717, 1.165) is 45.2 Å². The summed E-state index contributed by atoms with van der Waals surface area (Å²) in [5.74, 6) is 0.506. The number of nitrogens with zero attached hydrogens (tertiary/aromatic N) is 1. The van der Waals surface area contributed by atoms with Crippen LogP contribution in [0.25, 0.3) is 0 Å². The molecule has 110 valence electrons. The van der Waals surface area contributed by atoms with Gasteiger partial charge < -0.3 is 10.2 Å². The molecule has 0 bridgehead atoms. The van der Waals surface area contributed by atoms with Crippen LogP contribution in [0.2, 0.25) is 0 Å². The Kier molecular flexibility index (Phi) is 4.41. The van der Waals surface area contributed by atoms with Crippen LogP contribution in [0, 0.1) is 0 Å². The van der Waals surface area contributed by atoms with Gasteiger partial charge in [-0.05, 0) is 62.6 Å². The molecule has 1 aromatic heterocycles. The molecule has 2 aliphatic rings. The Morgan fingerprint density at radius 1 is 1.40 bits per heavy atom. The lowest BCUT2D eigenvalue weighted by Gasteiger charge is -2.38. The van der Waals surface area contributed by atoms with E-state index in [0.29, 0.717) is 11.9 Å². The molecule has 1 aromatic rings. The van der Waals surface area contributed by atoms with Gasteiger partial charge in [-0.25, -0.2) is 0 Å². The van der Waals surface area contributed by atoms with Crippen molar-refractivity contribution >= 4 is 17.2 Å². The summed E-state index contributed by atoms with van der Waals surface area (Å²) in [7, 11) is 1.98. The van der Waals surface area contributed by atoms with Crippen LogP contribution in [0.1, 0.15) is 48.5 Å². The number of carbonyl (C=O) groups excluding carboxylic acids is 1. The van der Waals surface area contributed by atoms with Gasteiger partial charge in [-0.15, -0.1) is 11.3 Å². The quantitative estimate of drug-likeness (QED) is 0.929. The van der Waals surface area contributed by atoms with E-state index in [9.17, 15) is 4.79 Å². The lowest BCUT2D eigenvalue weighted by molar-refractivity contribution is -0.136. The molecule has 3 rings (SSSR count). The molecular formula is C16H24N2OS. The molecule has 4 heteroatoms. The molecule has 2 heterocycles. The van der Waals surface area contributed by atoms with E-state index in [4.69, 9.17) is 0 Å². The van der Waals surface area contributed by atoms with Crippen molar-refractivity contribution in [3.05, 3.63) is 21.9 Å². The third-order valence-corrected chi connectivity index (χ3v) is 5.70. The van der Waals surface area contributed by atoms with Gasteiger partial charge >= 0.3 is 0 Å². The average molecular weight is 292 g/mol. The van der Waals surface area contributed by atoms with Gasteiger partial charge in [-0.2, -0.15) is 0 Å². The van der Waals surface area contributed by atoms with Crippen molar-refractivity contribution in [1.82, 2.24) is 10.2 Å². The van der Waals surface area contributed by atoms with E-state index >= 15 is 0 Å². The molecule has 3 nitrogen and oxygen atoms in total. The van der Waals surface area contributed by atoms with E-state index < -0.39 is 0 Å². The van der Waals surface area contributed by atoms with Gasteiger partial charge in [-0.1, -0.05) is 0 Å². The number of carbonyl (C=O) groups is 1. The number of piperidine rings is 1. The smallest absolute Gasteiger partial charge is 0.230 e. The maximum absolute atomic E-state index is 13.0. The molecule has 0 spiro atoms. The van der Waals surface area contributed by atoms with Crippen LogP contribution in [-0.4, -0.2) is 37.0 Å². The second-order valence-electron chi connectivity index (χ2n) is 5.98. The van der Waals surface area contributed by atoms with Crippen LogP contribution in [0.4, 0.5) is 0 Å². The first kappa shape index (κ1) is 14.1. The van der Waals surface area contributed by atoms with E-state index in [2.05, 4.69) is 21.7 Å². The van der Waals surface area contributed by atoms with Crippen LogP contribution in [0.15, 0.2) is 11.4 Å². The second kappa shape index (κ2) is 6.27. The van der Waals surface area contributed by atoms with Crippen LogP contribution in [0.3, 0.4) is 0 Å². The molecule has 1 N–H and O–H groups in total. The lowest BCUT2D eigenvalue weighted by atomic mass is 9.85. The van der Waals surface area contributed by atoms with Crippen molar-refractivity contribution < 1.29 is 4.79 Å². The first-order chi connectivity index (χ1) is 9.81. The third-order valence-electron chi connectivity index (χ3n) is 4.70. The normalized spacial score (nSPS) is 26.4. The number of rotatable bonds is 3. The fraction of sp³-hybridized carbons (Fsp3) is 0.688.